The summed E-state index contributed by atoms with van der Waals surface area (Å²) in [4.78, 5) is 22.3. The highest BCUT2D eigenvalue weighted by Crippen LogP contribution is 2.17. The Balaban J connectivity index is 1.85. The van der Waals surface area contributed by atoms with Gasteiger partial charge in [-0.05, 0) is 12.1 Å². The van der Waals surface area contributed by atoms with E-state index in [0.29, 0.717) is 30.3 Å². The van der Waals surface area contributed by atoms with Crippen molar-refractivity contribution < 1.29 is 9.53 Å². The molecule has 0 atom stereocenters. The van der Waals surface area contributed by atoms with E-state index in [1.165, 1.54) is 13.1 Å². The van der Waals surface area contributed by atoms with Crippen LogP contribution in [0.3, 0.4) is 0 Å². The number of ether oxygens (including phenoxy) is 1. The van der Waals surface area contributed by atoms with Crippen LogP contribution in [-0.4, -0.2) is 29.3 Å². The van der Waals surface area contributed by atoms with E-state index in [1.807, 2.05) is 0 Å². The third kappa shape index (κ3) is 4.49. The zero-order chi connectivity index (χ0) is 15.9. The molecule has 1 aromatic heterocycles. The average Bonchev–Trinajstić information content (AvgIpc) is 2.47. The van der Waals surface area contributed by atoms with Gasteiger partial charge in [-0.15, -0.1) is 0 Å². The summed E-state index contributed by atoms with van der Waals surface area (Å²) in [6.07, 6.45) is 1.43. The third-order valence-corrected chi connectivity index (χ3v) is 3.01. The van der Waals surface area contributed by atoms with Crippen molar-refractivity contribution in [2.45, 2.75) is 6.92 Å². The number of benzene rings is 1. The summed E-state index contributed by atoms with van der Waals surface area (Å²) < 4.78 is 5.56. The molecule has 7 nitrogen and oxygen atoms in total. The van der Waals surface area contributed by atoms with E-state index in [-0.39, 0.29) is 10.9 Å². The molecule has 116 valence electrons. The van der Waals surface area contributed by atoms with Crippen molar-refractivity contribution in [1.82, 2.24) is 10.2 Å². The van der Waals surface area contributed by atoms with Gasteiger partial charge in [0, 0.05) is 25.2 Å². The molecular formula is C14H15ClN4O3. The van der Waals surface area contributed by atoms with Crippen LogP contribution in [0.2, 0.25) is 5.02 Å². The Kier molecular flexibility index (Phi) is 5.37. The summed E-state index contributed by atoms with van der Waals surface area (Å²) in [7, 11) is 0. The minimum Gasteiger partial charge on any atom is -0.492 e. The van der Waals surface area contributed by atoms with Gasteiger partial charge < -0.3 is 15.4 Å². The number of hydrogen-bond acceptors (Lipinski definition) is 5. The molecular weight excluding hydrogens is 308 g/mol. The number of anilines is 2. The zero-order valence-electron chi connectivity index (χ0n) is 11.9. The molecule has 0 unspecified atom stereocenters. The highest BCUT2D eigenvalue weighted by Gasteiger charge is 2.04. The van der Waals surface area contributed by atoms with Crippen LogP contribution in [0.15, 0.2) is 35.3 Å². The fourth-order valence-electron chi connectivity index (χ4n) is 1.73. The van der Waals surface area contributed by atoms with E-state index < -0.39 is 5.56 Å². The smallest absolute Gasteiger partial charge is 0.285 e. The second kappa shape index (κ2) is 7.46. The Bertz CT molecular complexity index is 717. The largest absolute Gasteiger partial charge is 0.492 e. The van der Waals surface area contributed by atoms with Crippen molar-refractivity contribution >= 4 is 28.9 Å². The minimum atomic E-state index is -0.449. The normalized spacial score (nSPS) is 10.1. The summed E-state index contributed by atoms with van der Waals surface area (Å²) in [6.45, 7) is 2.23. The van der Waals surface area contributed by atoms with E-state index in [1.54, 1.807) is 24.3 Å². The molecule has 0 saturated heterocycles. The number of nitrogens with zero attached hydrogens (tertiary/aromatic N) is 1. The van der Waals surface area contributed by atoms with E-state index in [9.17, 15) is 9.59 Å². The van der Waals surface area contributed by atoms with E-state index in [4.69, 9.17) is 16.3 Å². The SMILES string of the molecule is CC(=O)Nc1cccc(OCCNc2cn[nH]c(=O)c2Cl)c1. The maximum Gasteiger partial charge on any atom is 0.285 e. The highest BCUT2D eigenvalue weighted by molar-refractivity contribution is 6.32. The first-order valence-corrected chi connectivity index (χ1v) is 6.91. The molecule has 1 aromatic carbocycles. The monoisotopic (exact) mass is 322 g/mol. The van der Waals surface area contributed by atoms with Crippen LogP contribution in [0.4, 0.5) is 11.4 Å². The predicted octanol–water partition coefficient (Wildman–Crippen LogP) is 1.87. The molecule has 0 spiro atoms. The minimum absolute atomic E-state index is 0.0580. The van der Waals surface area contributed by atoms with Crippen molar-refractivity contribution in [3.8, 4) is 5.75 Å². The molecule has 1 heterocycles. The lowest BCUT2D eigenvalue weighted by molar-refractivity contribution is -0.114. The van der Waals surface area contributed by atoms with Gasteiger partial charge in [-0.3, -0.25) is 9.59 Å². The topological polar surface area (TPSA) is 96.1 Å². The van der Waals surface area contributed by atoms with Gasteiger partial charge in [0.05, 0.1) is 11.9 Å². The lowest BCUT2D eigenvalue weighted by atomic mass is 10.3. The summed E-state index contributed by atoms with van der Waals surface area (Å²) in [6, 6.07) is 7.07. The van der Waals surface area contributed by atoms with Crippen LogP contribution in [0, 0.1) is 0 Å². The van der Waals surface area contributed by atoms with Crippen molar-refractivity contribution in [3.05, 3.63) is 45.8 Å². The molecule has 8 heteroatoms. The molecule has 0 aliphatic heterocycles. The van der Waals surface area contributed by atoms with Crippen LogP contribution in [0.1, 0.15) is 6.92 Å². The molecule has 0 fully saturated rings. The van der Waals surface area contributed by atoms with Gasteiger partial charge in [-0.1, -0.05) is 17.7 Å². The maximum absolute atomic E-state index is 11.3. The van der Waals surface area contributed by atoms with Gasteiger partial charge in [0.15, 0.2) is 0 Å². The predicted molar refractivity (Wildman–Crippen MR) is 84.6 cm³/mol. The van der Waals surface area contributed by atoms with Gasteiger partial charge in [-0.25, -0.2) is 5.10 Å². The molecule has 1 amide bonds. The number of amides is 1. The van der Waals surface area contributed by atoms with Gasteiger partial charge in [-0.2, -0.15) is 5.10 Å². The van der Waals surface area contributed by atoms with Crippen molar-refractivity contribution in [2.24, 2.45) is 0 Å². The quantitative estimate of drug-likeness (QED) is 0.706. The number of carbonyl (C=O) groups is 1. The van der Waals surface area contributed by atoms with E-state index >= 15 is 0 Å². The van der Waals surface area contributed by atoms with Crippen LogP contribution in [0.5, 0.6) is 5.75 Å². The highest BCUT2D eigenvalue weighted by atomic mass is 35.5. The molecule has 0 aliphatic carbocycles. The molecule has 2 rings (SSSR count). The van der Waals surface area contributed by atoms with Crippen molar-refractivity contribution in [1.29, 1.82) is 0 Å². The first-order valence-electron chi connectivity index (χ1n) is 6.54. The van der Waals surface area contributed by atoms with Crippen LogP contribution < -0.4 is 20.9 Å². The van der Waals surface area contributed by atoms with Gasteiger partial charge in [0.25, 0.3) is 5.56 Å². The number of aromatic nitrogens is 2. The number of aromatic amines is 1. The molecule has 3 N–H and O–H groups in total. The molecule has 0 radical (unpaired) electrons. The number of carbonyl (C=O) groups excluding carboxylic acids is 1. The number of rotatable bonds is 6. The van der Waals surface area contributed by atoms with Gasteiger partial charge in [0.1, 0.15) is 17.4 Å². The number of hydrogen-bond donors (Lipinski definition) is 3. The number of halogens is 1. The lowest BCUT2D eigenvalue weighted by Gasteiger charge is -2.10. The van der Waals surface area contributed by atoms with Gasteiger partial charge >= 0.3 is 0 Å². The standard InChI is InChI=1S/C14H15ClN4O3/c1-9(20)18-10-3-2-4-11(7-10)22-6-5-16-12-8-17-19-14(21)13(12)15/h2-4,7-8H,5-6H2,1H3,(H,18,20)(H2,16,19,21). The molecule has 0 saturated carbocycles. The average molecular weight is 323 g/mol. The van der Waals surface area contributed by atoms with Gasteiger partial charge in [0.2, 0.25) is 5.91 Å². The van der Waals surface area contributed by atoms with Crippen molar-refractivity contribution in [3.63, 3.8) is 0 Å². The maximum atomic E-state index is 11.3. The van der Waals surface area contributed by atoms with Crippen LogP contribution >= 0.6 is 11.6 Å². The molecule has 0 bridgehead atoms. The molecule has 2 aromatic rings. The van der Waals surface area contributed by atoms with Crippen LogP contribution in [-0.2, 0) is 4.79 Å². The first kappa shape index (κ1) is 15.8. The fourth-order valence-corrected chi connectivity index (χ4v) is 1.89. The summed E-state index contributed by atoms with van der Waals surface area (Å²) in [5, 5.41) is 11.6. The number of nitrogens with one attached hydrogen (secondary N) is 3. The summed E-state index contributed by atoms with van der Waals surface area (Å²) >= 11 is 5.83. The van der Waals surface area contributed by atoms with E-state index in [0.717, 1.165) is 0 Å². The van der Waals surface area contributed by atoms with Crippen LogP contribution in [0.25, 0.3) is 0 Å². The number of H-pyrrole nitrogens is 1. The lowest BCUT2D eigenvalue weighted by Crippen LogP contribution is -2.16. The molecule has 22 heavy (non-hydrogen) atoms. The second-order valence-corrected chi connectivity index (χ2v) is 4.79. The summed E-state index contributed by atoms with van der Waals surface area (Å²) in [5.41, 5.74) is 0.663. The Morgan fingerprint density at radius 1 is 1.45 bits per heavy atom. The first-order chi connectivity index (χ1) is 10.6. The second-order valence-electron chi connectivity index (χ2n) is 4.41. The Hall–Kier alpha value is -2.54. The Labute approximate surface area is 131 Å². The zero-order valence-corrected chi connectivity index (χ0v) is 12.6. The molecule has 0 aliphatic rings. The Morgan fingerprint density at radius 3 is 3.05 bits per heavy atom. The third-order valence-electron chi connectivity index (χ3n) is 2.64. The summed E-state index contributed by atoms with van der Waals surface area (Å²) in [5.74, 6) is 0.485. The fraction of sp³-hybridized carbons (Fsp3) is 0.214. The Morgan fingerprint density at radius 2 is 2.27 bits per heavy atom. The van der Waals surface area contributed by atoms with E-state index in [2.05, 4.69) is 20.8 Å². The van der Waals surface area contributed by atoms with Crippen molar-refractivity contribution in [2.75, 3.05) is 23.8 Å².